The lowest BCUT2D eigenvalue weighted by Crippen LogP contribution is -2.40. The Morgan fingerprint density at radius 2 is 2.11 bits per heavy atom. The fourth-order valence-corrected chi connectivity index (χ4v) is 4.01. The van der Waals surface area contributed by atoms with E-state index in [1.807, 2.05) is 0 Å². The van der Waals surface area contributed by atoms with Crippen LogP contribution in [0.15, 0.2) is 29.4 Å². The molecule has 3 rings (SSSR count). The number of thioether (sulfide) groups is 1. The van der Waals surface area contributed by atoms with Crippen LogP contribution in [0.4, 0.5) is 14.6 Å². The smallest absolute Gasteiger partial charge is 0.219 e. The second-order valence-electron chi connectivity index (χ2n) is 5.47. The van der Waals surface area contributed by atoms with Gasteiger partial charge in [-0.1, -0.05) is 23.9 Å². The van der Waals surface area contributed by atoms with Crippen LogP contribution in [0.5, 0.6) is 5.88 Å². The number of morpholine rings is 1. The van der Waals surface area contributed by atoms with E-state index in [-0.39, 0.29) is 17.2 Å². The number of nitrogens with one attached hydrogen (secondary N) is 1. The van der Waals surface area contributed by atoms with Crippen molar-refractivity contribution in [2.75, 3.05) is 38.1 Å². The van der Waals surface area contributed by atoms with Gasteiger partial charge in [-0.05, 0) is 6.07 Å². The van der Waals surface area contributed by atoms with E-state index in [1.54, 1.807) is 4.31 Å². The molecule has 1 aliphatic heterocycles. The molecule has 27 heavy (non-hydrogen) atoms. The van der Waals surface area contributed by atoms with Crippen LogP contribution in [0, 0.1) is 11.6 Å². The normalized spacial score (nSPS) is 16.1. The fraction of sp³-hybridized carbons (Fsp3) is 0.375. The fourth-order valence-electron chi connectivity index (χ4n) is 2.29. The highest BCUT2D eigenvalue weighted by atomic mass is 32.2. The SMILES string of the molecule is COc1cc(NS(=O)N2CCOCC2)nc(SCc2cccc(F)c2F)n1. The van der Waals surface area contributed by atoms with Crippen LogP contribution in [0.2, 0.25) is 0 Å². The lowest BCUT2D eigenvalue weighted by Gasteiger charge is -2.25. The Morgan fingerprint density at radius 3 is 2.85 bits per heavy atom. The number of hydrogen-bond donors (Lipinski definition) is 1. The van der Waals surface area contributed by atoms with Crippen LogP contribution < -0.4 is 9.46 Å². The zero-order valence-electron chi connectivity index (χ0n) is 14.5. The molecule has 1 saturated heterocycles. The third-order valence-electron chi connectivity index (χ3n) is 3.68. The molecule has 7 nitrogen and oxygen atoms in total. The number of methoxy groups -OCH3 is 1. The average molecular weight is 416 g/mol. The third kappa shape index (κ3) is 5.34. The van der Waals surface area contributed by atoms with Gasteiger partial charge >= 0.3 is 0 Å². The van der Waals surface area contributed by atoms with Gasteiger partial charge in [0.05, 0.1) is 20.3 Å². The minimum Gasteiger partial charge on any atom is -0.481 e. The highest BCUT2D eigenvalue weighted by Crippen LogP contribution is 2.25. The minimum atomic E-state index is -1.48. The van der Waals surface area contributed by atoms with Gasteiger partial charge in [-0.15, -0.1) is 0 Å². The lowest BCUT2D eigenvalue weighted by molar-refractivity contribution is 0.0754. The second-order valence-corrected chi connectivity index (χ2v) is 7.63. The molecular weight excluding hydrogens is 398 g/mol. The number of rotatable bonds is 7. The zero-order chi connectivity index (χ0) is 19.2. The highest BCUT2D eigenvalue weighted by Gasteiger charge is 2.18. The van der Waals surface area contributed by atoms with E-state index in [2.05, 4.69) is 14.7 Å². The first kappa shape index (κ1) is 19.9. The number of ether oxygens (including phenoxy) is 2. The Hall–Kier alpha value is -1.82. The summed E-state index contributed by atoms with van der Waals surface area (Å²) in [6, 6.07) is 5.52. The topological polar surface area (TPSA) is 76.6 Å². The molecule has 1 atom stereocenters. The Morgan fingerprint density at radius 1 is 1.33 bits per heavy atom. The number of anilines is 1. The van der Waals surface area contributed by atoms with Crippen molar-refractivity contribution in [2.45, 2.75) is 10.9 Å². The monoisotopic (exact) mass is 416 g/mol. The maximum absolute atomic E-state index is 13.8. The first-order valence-electron chi connectivity index (χ1n) is 8.07. The van der Waals surface area contributed by atoms with Crippen LogP contribution in [-0.2, 0) is 21.7 Å². The summed E-state index contributed by atoms with van der Waals surface area (Å²) in [6.45, 7) is 2.12. The van der Waals surface area contributed by atoms with E-state index < -0.39 is 22.8 Å². The summed E-state index contributed by atoms with van der Waals surface area (Å²) >= 11 is -0.363. The molecule has 0 aliphatic carbocycles. The summed E-state index contributed by atoms with van der Waals surface area (Å²) in [5.41, 5.74) is 0.206. The molecule has 11 heteroatoms. The molecule has 1 aromatic carbocycles. The van der Waals surface area contributed by atoms with Crippen molar-refractivity contribution in [1.82, 2.24) is 14.3 Å². The van der Waals surface area contributed by atoms with Crippen molar-refractivity contribution in [3.05, 3.63) is 41.5 Å². The molecule has 1 fully saturated rings. The molecule has 0 amide bonds. The second kappa shape index (κ2) is 9.40. The minimum absolute atomic E-state index is 0.142. The molecule has 2 aromatic rings. The van der Waals surface area contributed by atoms with Gasteiger partial charge in [0.1, 0.15) is 5.82 Å². The molecule has 0 bridgehead atoms. The van der Waals surface area contributed by atoms with Crippen LogP contribution >= 0.6 is 11.8 Å². The van der Waals surface area contributed by atoms with Gasteiger partial charge in [-0.3, -0.25) is 4.72 Å². The van der Waals surface area contributed by atoms with Gasteiger partial charge in [0.15, 0.2) is 28.0 Å². The van der Waals surface area contributed by atoms with E-state index in [9.17, 15) is 13.0 Å². The number of benzene rings is 1. The number of hydrogen-bond acceptors (Lipinski definition) is 6. The molecule has 2 heterocycles. The van der Waals surface area contributed by atoms with Crippen LogP contribution in [0.3, 0.4) is 0 Å². The average Bonchev–Trinajstić information content (AvgIpc) is 2.69. The Kier molecular flexibility index (Phi) is 6.94. The van der Waals surface area contributed by atoms with Crippen molar-refractivity contribution in [2.24, 2.45) is 0 Å². The third-order valence-corrected chi connectivity index (χ3v) is 5.79. The summed E-state index contributed by atoms with van der Waals surface area (Å²) in [4.78, 5) is 8.46. The molecule has 1 N–H and O–H groups in total. The number of halogens is 2. The van der Waals surface area contributed by atoms with Crippen molar-refractivity contribution < 1.29 is 22.5 Å². The first-order valence-corrected chi connectivity index (χ1v) is 10.2. The van der Waals surface area contributed by atoms with Gasteiger partial charge in [-0.2, -0.15) is 4.98 Å². The van der Waals surface area contributed by atoms with Gasteiger partial charge in [-0.25, -0.2) is 22.3 Å². The van der Waals surface area contributed by atoms with Crippen LogP contribution in [0.25, 0.3) is 0 Å². The predicted octanol–water partition coefficient (Wildman–Crippen LogP) is 2.38. The summed E-state index contributed by atoms with van der Waals surface area (Å²) in [6.07, 6.45) is 0. The van der Waals surface area contributed by atoms with E-state index >= 15 is 0 Å². The molecule has 1 aliphatic rings. The zero-order valence-corrected chi connectivity index (χ0v) is 16.1. The molecular formula is C16H18F2N4O3S2. The van der Waals surface area contributed by atoms with Gasteiger partial charge in [0.2, 0.25) is 5.88 Å². The van der Waals surface area contributed by atoms with E-state index in [0.717, 1.165) is 17.8 Å². The predicted molar refractivity (Wildman–Crippen MR) is 98.7 cm³/mol. The summed E-state index contributed by atoms with van der Waals surface area (Å²) < 4.78 is 54.4. The molecule has 146 valence electrons. The van der Waals surface area contributed by atoms with Crippen molar-refractivity contribution >= 4 is 28.8 Å². The molecule has 1 aromatic heterocycles. The highest BCUT2D eigenvalue weighted by molar-refractivity contribution is 7.98. The Balaban J connectivity index is 1.71. The lowest BCUT2D eigenvalue weighted by atomic mass is 10.2. The van der Waals surface area contributed by atoms with Crippen molar-refractivity contribution in [3.63, 3.8) is 0 Å². The largest absolute Gasteiger partial charge is 0.481 e. The van der Waals surface area contributed by atoms with E-state index in [0.29, 0.717) is 37.3 Å². The van der Waals surface area contributed by atoms with Gasteiger partial charge < -0.3 is 9.47 Å². The first-order chi connectivity index (χ1) is 13.1. The van der Waals surface area contributed by atoms with Crippen molar-refractivity contribution in [3.8, 4) is 5.88 Å². The van der Waals surface area contributed by atoms with Gasteiger partial charge in [0, 0.05) is 30.5 Å². The Labute approximate surface area is 162 Å². The molecule has 1 unspecified atom stereocenters. The summed E-state index contributed by atoms with van der Waals surface area (Å²) in [5, 5.41) is 0.291. The number of aromatic nitrogens is 2. The van der Waals surface area contributed by atoms with E-state index in [4.69, 9.17) is 9.47 Å². The van der Waals surface area contributed by atoms with Crippen LogP contribution in [0.1, 0.15) is 5.56 Å². The molecule has 0 spiro atoms. The molecule has 0 radical (unpaired) electrons. The van der Waals surface area contributed by atoms with Crippen molar-refractivity contribution in [1.29, 1.82) is 0 Å². The van der Waals surface area contributed by atoms with Gasteiger partial charge in [0.25, 0.3) is 0 Å². The maximum Gasteiger partial charge on any atom is 0.219 e. The quantitative estimate of drug-likeness (QED) is 0.552. The summed E-state index contributed by atoms with van der Waals surface area (Å²) in [5.74, 6) is -1.06. The molecule has 0 saturated carbocycles. The van der Waals surface area contributed by atoms with E-state index in [1.165, 1.54) is 25.3 Å². The number of nitrogens with zero attached hydrogens (tertiary/aromatic N) is 3. The Bertz CT molecular complexity index is 822. The summed E-state index contributed by atoms with van der Waals surface area (Å²) in [7, 11) is 1.45. The standard InChI is InChI=1S/C16H18F2N4O3S2/c1-24-14-9-13(21-27(23)22-5-7-25-8-6-22)19-16(20-14)26-10-11-3-2-4-12(17)15(11)18/h2-4,9H,5-8,10H2,1H3,(H,19,20,21). The van der Waals surface area contributed by atoms with Crippen LogP contribution in [-0.4, -0.2) is 51.9 Å². The maximum atomic E-state index is 13.8.